The lowest BCUT2D eigenvalue weighted by molar-refractivity contribution is 0.908. The fourth-order valence-electron chi connectivity index (χ4n) is 2.43. The Kier molecular flexibility index (Phi) is 4.39. The number of hydrogen-bond acceptors (Lipinski definition) is 2. The average Bonchev–Trinajstić information content (AvgIpc) is 2.61. The largest absolute Gasteiger partial charge is 0.399 e. The first kappa shape index (κ1) is 14.9. The Morgan fingerprint density at radius 2 is 1.52 bits per heavy atom. The molecule has 0 aromatic heterocycles. The topological polar surface area (TPSA) is 61.9 Å². The van der Waals surface area contributed by atoms with Crippen LogP contribution in [0.4, 0.5) is 5.69 Å². The van der Waals surface area contributed by atoms with E-state index in [1.165, 1.54) is 11.1 Å². The standard InChI is InChI=1S/C20H19N3/c21-19-8-4-7-18(13-19)20(22)23-14-15-9-11-17(12-10-15)16-5-2-1-3-6-16/h1-13H,14,21H2,(H2,22,23). The van der Waals surface area contributed by atoms with Crippen molar-refractivity contribution < 1.29 is 0 Å². The van der Waals surface area contributed by atoms with Gasteiger partial charge in [0.1, 0.15) is 5.84 Å². The van der Waals surface area contributed by atoms with Crippen molar-refractivity contribution in [1.29, 1.82) is 5.41 Å². The molecule has 0 aliphatic rings. The van der Waals surface area contributed by atoms with Crippen molar-refractivity contribution >= 4 is 11.5 Å². The lowest BCUT2D eigenvalue weighted by Gasteiger charge is -2.09. The van der Waals surface area contributed by atoms with Crippen molar-refractivity contribution in [3.63, 3.8) is 0 Å². The molecule has 3 nitrogen and oxygen atoms in total. The molecular formula is C20H19N3. The lowest BCUT2D eigenvalue weighted by Crippen LogP contribution is -2.22. The van der Waals surface area contributed by atoms with E-state index >= 15 is 0 Å². The van der Waals surface area contributed by atoms with Crippen molar-refractivity contribution in [1.82, 2.24) is 5.32 Å². The first-order chi connectivity index (χ1) is 11.2. The number of anilines is 1. The molecule has 0 aliphatic carbocycles. The van der Waals surface area contributed by atoms with Gasteiger partial charge in [0.2, 0.25) is 0 Å². The van der Waals surface area contributed by atoms with Crippen molar-refractivity contribution in [2.45, 2.75) is 6.54 Å². The summed E-state index contributed by atoms with van der Waals surface area (Å²) in [6, 6.07) is 26.0. The number of nitrogen functional groups attached to an aromatic ring is 1. The predicted octanol–water partition coefficient (Wildman–Crippen LogP) is 4.05. The number of nitrogens with one attached hydrogen (secondary N) is 2. The van der Waals surface area contributed by atoms with Crippen LogP contribution < -0.4 is 11.1 Å². The van der Waals surface area contributed by atoms with Gasteiger partial charge in [-0.25, -0.2) is 0 Å². The SMILES string of the molecule is N=C(NCc1ccc(-c2ccccc2)cc1)c1cccc(N)c1. The highest BCUT2D eigenvalue weighted by atomic mass is 14.9. The number of nitrogens with two attached hydrogens (primary N) is 1. The number of benzene rings is 3. The van der Waals surface area contributed by atoms with Crippen LogP contribution in [0.5, 0.6) is 0 Å². The molecule has 0 unspecified atom stereocenters. The highest BCUT2D eigenvalue weighted by Crippen LogP contribution is 2.19. The zero-order valence-corrected chi connectivity index (χ0v) is 12.8. The molecule has 3 heteroatoms. The second-order valence-corrected chi connectivity index (χ2v) is 5.42. The highest BCUT2D eigenvalue weighted by molar-refractivity contribution is 5.97. The summed E-state index contributed by atoms with van der Waals surface area (Å²) < 4.78 is 0. The molecule has 114 valence electrons. The van der Waals surface area contributed by atoms with E-state index in [-0.39, 0.29) is 0 Å². The van der Waals surface area contributed by atoms with E-state index in [1.807, 2.05) is 36.4 Å². The van der Waals surface area contributed by atoms with Crippen LogP contribution in [0.1, 0.15) is 11.1 Å². The van der Waals surface area contributed by atoms with Crippen molar-refractivity contribution in [2.75, 3.05) is 5.73 Å². The zero-order valence-electron chi connectivity index (χ0n) is 12.8. The molecule has 3 rings (SSSR count). The molecule has 0 atom stereocenters. The summed E-state index contributed by atoms with van der Waals surface area (Å²) in [5, 5.41) is 11.2. The monoisotopic (exact) mass is 301 g/mol. The Hall–Kier alpha value is -3.07. The van der Waals surface area contributed by atoms with Crippen LogP contribution in [0.15, 0.2) is 78.9 Å². The van der Waals surface area contributed by atoms with Crippen LogP contribution in [-0.4, -0.2) is 5.84 Å². The maximum atomic E-state index is 8.09. The molecular weight excluding hydrogens is 282 g/mol. The van der Waals surface area contributed by atoms with Crippen LogP contribution in [0.25, 0.3) is 11.1 Å². The van der Waals surface area contributed by atoms with E-state index in [1.54, 1.807) is 6.07 Å². The molecule has 0 heterocycles. The lowest BCUT2D eigenvalue weighted by atomic mass is 10.0. The summed E-state index contributed by atoms with van der Waals surface area (Å²) in [7, 11) is 0. The molecule has 0 bridgehead atoms. The van der Waals surface area contributed by atoms with E-state index in [2.05, 4.69) is 41.7 Å². The van der Waals surface area contributed by atoms with Gasteiger partial charge in [-0.05, 0) is 28.8 Å². The molecule has 0 aliphatic heterocycles. The molecule has 0 saturated carbocycles. The predicted molar refractivity (Wildman–Crippen MR) is 96.4 cm³/mol. The Balaban J connectivity index is 1.64. The summed E-state index contributed by atoms with van der Waals surface area (Å²) in [5.74, 6) is 0.379. The van der Waals surface area contributed by atoms with Crippen LogP contribution in [0.2, 0.25) is 0 Å². The normalized spacial score (nSPS) is 10.3. The summed E-state index contributed by atoms with van der Waals surface area (Å²) >= 11 is 0. The van der Waals surface area contributed by atoms with Gasteiger partial charge in [0.25, 0.3) is 0 Å². The molecule has 4 N–H and O–H groups in total. The molecule has 3 aromatic carbocycles. The van der Waals surface area contributed by atoms with Gasteiger partial charge in [-0.3, -0.25) is 5.41 Å². The molecule has 0 saturated heterocycles. The van der Waals surface area contributed by atoms with Gasteiger partial charge < -0.3 is 11.1 Å². The number of rotatable bonds is 4. The third-order valence-corrected chi connectivity index (χ3v) is 3.71. The minimum Gasteiger partial charge on any atom is -0.399 e. The summed E-state index contributed by atoms with van der Waals surface area (Å²) in [6.45, 7) is 0.614. The smallest absolute Gasteiger partial charge is 0.125 e. The molecule has 0 fully saturated rings. The molecule has 0 amide bonds. The van der Waals surface area contributed by atoms with Crippen LogP contribution >= 0.6 is 0 Å². The Morgan fingerprint density at radius 1 is 0.826 bits per heavy atom. The van der Waals surface area contributed by atoms with Gasteiger partial charge in [-0.15, -0.1) is 0 Å². The third-order valence-electron chi connectivity index (χ3n) is 3.71. The van der Waals surface area contributed by atoms with Gasteiger partial charge in [0, 0.05) is 17.8 Å². The molecule has 3 aromatic rings. The molecule has 23 heavy (non-hydrogen) atoms. The fraction of sp³-hybridized carbons (Fsp3) is 0.0500. The summed E-state index contributed by atoms with van der Waals surface area (Å²) in [6.07, 6.45) is 0. The second kappa shape index (κ2) is 6.79. The average molecular weight is 301 g/mol. The summed E-state index contributed by atoms with van der Waals surface area (Å²) in [5.41, 5.74) is 10.8. The van der Waals surface area contributed by atoms with Gasteiger partial charge in [-0.2, -0.15) is 0 Å². The maximum Gasteiger partial charge on any atom is 0.125 e. The van der Waals surface area contributed by atoms with Gasteiger partial charge in [-0.1, -0.05) is 66.7 Å². The van der Waals surface area contributed by atoms with E-state index in [4.69, 9.17) is 11.1 Å². The van der Waals surface area contributed by atoms with Crippen LogP contribution in [-0.2, 0) is 6.54 Å². The van der Waals surface area contributed by atoms with Gasteiger partial charge in [0.05, 0.1) is 0 Å². The minimum atomic E-state index is 0.379. The molecule has 0 spiro atoms. The Labute approximate surface area is 136 Å². The van der Waals surface area contributed by atoms with E-state index in [0.717, 1.165) is 11.1 Å². The first-order valence-electron chi connectivity index (χ1n) is 7.55. The Morgan fingerprint density at radius 3 is 2.22 bits per heavy atom. The number of amidine groups is 1. The van der Waals surface area contributed by atoms with E-state index in [9.17, 15) is 0 Å². The van der Waals surface area contributed by atoms with Crippen molar-refractivity contribution in [2.24, 2.45) is 0 Å². The van der Waals surface area contributed by atoms with E-state index in [0.29, 0.717) is 18.1 Å². The van der Waals surface area contributed by atoms with Crippen molar-refractivity contribution in [3.05, 3.63) is 90.0 Å². The quantitative estimate of drug-likeness (QED) is 0.387. The second-order valence-electron chi connectivity index (χ2n) is 5.42. The third kappa shape index (κ3) is 3.77. The summed E-state index contributed by atoms with van der Waals surface area (Å²) in [4.78, 5) is 0. The Bertz CT molecular complexity index is 793. The maximum absolute atomic E-state index is 8.09. The van der Waals surface area contributed by atoms with Crippen LogP contribution in [0.3, 0.4) is 0 Å². The van der Waals surface area contributed by atoms with Crippen LogP contribution in [0, 0.1) is 5.41 Å². The highest BCUT2D eigenvalue weighted by Gasteiger charge is 2.02. The fourth-order valence-corrected chi connectivity index (χ4v) is 2.43. The zero-order chi connectivity index (χ0) is 16.1. The van der Waals surface area contributed by atoms with E-state index < -0.39 is 0 Å². The minimum absolute atomic E-state index is 0.379. The number of hydrogen-bond donors (Lipinski definition) is 3. The first-order valence-corrected chi connectivity index (χ1v) is 7.55. The van der Waals surface area contributed by atoms with Gasteiger partial charge in [0.15, 0.2) is 0 Å². The molecule has 0 radical (unpaired) electrons. The van der Waals surface area contributed by atoms with Gasteiger partial charge >= 0.3 is 0 Å². The van der Waals surface area contributed by atoms with Crippen molar-refractivity contribution in [3.8, 4) is 11.1 Å².